The van der Waals surface area contributed by atoms with Crippen molar-refractivity contribution in [3.05, 3.63) is 6.33 Å². The second-order valence-corrected chi connectivity index (χ2v) is 1.92. The molecule has 56 valence electrons. The molecule has 0 atom stereocenters. The van der Waals surface area contributed by atoms with E-state index in [2.05, 4.69) is 15.4 Å². The number of aryl methyl sites for hydroxylation is 1. The first kappa shape index (κ1) is 7.01. The zero-order valence-corrected chi connectivity index (χ0v) is 5.91. The van der Waals surface area contributed by atoms with E-state index in [1.54, 1.807) is 4.68 Å². The van der Waals surface area contributed by atoms with E-state index in [4.69, 9.17) is 5.73 Å². The van der Waals surface area contributed by atoms with Crippen LogP contribution in [0.3, 0.4) is 0 Å². The number of nitrogens with two attached hydrogens (primary N) is 1. The Bertz CT molecular complexity index is 194. The molecule has 0 amide bonds. The highest BCUT2D eigenvalue weighted by Crippen LogP contribution is 1.94. The van der Waals surface area contributed by atoms with Gasteiger partial charge in [0, 0.05) is 20.1 Å². The van der Waals surface area contributed by atoms with Crippen LogP contribution in [0.1, 0.15) is 0 Å². The van der Waals surface area contributed by atoms with Gasteiger partial charge in [0.05, 0.1) is 0 Å². The number of rotatable bonds is 3. The molecule has 0 aromatic carbocycles. The van der Waals surface area contributed by atoms with Crippen LogP contribution in [-0.4, -0.2) is 27.9 Å². The van der Waals surface area contributed by atoms with Crippen LogP contribution in [0, 0.1) is 0 Å². The second kappa shape index (κ2) is 3.17. The molecule has 5 nitrogen and oxygen atoms in total. The van der Waals surface area contributed by atoms with Crippen LogP contribution in [0.25, 0.3) is 0 Å². The smallest absolute Gasteiger partial charge is 0.220 e. The Balaban J connectivity index is 2.49. The molecule has 0 aliphatic heterocycles. The van der Waals surface area contributed by atoms with Gasteiger partial charge < -0.3 is 11.1 Å². The quantitative estimate of drug-likeness (QED) is 0.577. The molecule has 1 aromatic heterocycles. The highest BCUT2D eigenvalue weighted by atomic mass is 15.4. The molecule has 0 saturated heterocycles. The van der Waals surface area contributed by atoms with Gasteiger partial charge in [-0.3, -0.25) is 0 Å². The first-order chi connectivity index (χ1) is 4.84. The van der Waals surface area contributed by atoms with Crippen molar-refractivity contribution >= 4 is 5.95 Å². The van der Waals surface area contributed by atoms with Crippen molar-refractivity contribution in [2.24, 2.45) is 12.8 Å². The minimum Gasteiger partial charge on any atom is -0.353 e. The van der Waals surface area contributed by atoms with Crippen molar-refractivity contribution in [3.63, 3.8) is 0 Å². The first-order valence-corrected chi connectivity index (χ1v) is 3.12. The fourth-order valence-corrected chi connectivity index (χ4v) is 0.640. The van der Waals surface area contributed by atoms with Crippen molar-refractivity contribution in [1.29, 1.82) is 0 Å². The number of anilines is 1. The number of hydrogen-bond donors (Lipinski definition) is 2. The maximum Gasteiger partial charge on any atom is 0.220 e. The molecular formula is C5H11N5. The number of hydrogen-bond acceptors (Lipinski definition) is 4. The number of nitrogens with zero attached hydrogens (tertiary/aromatic N) is 3. The summed E-state index contributed by atoms with van der Waals surface area (Å²) in [5.41, 5.74) is 5.28. The summed E-state index contributed by atoms with van der Waals surface area (Å²) < 4.78 is 1.66. The Morgan fingerprint density at radius 1 is 1.80 bits per heavy atom. The fourth-order valence-electron chi connectivity index (χ4n) is 0.640. The second-order valence-electron chi connectivity index (χ2n) is 1.92. The minimum absolute atomic E-state index is 0.604. The van der Waals surface area contributed by atoms with Crippen LogP contribution in [0.4, 0.5) is 5.95 Å². The van der Waals surface area contributed by atoms with Gasteiger partial charge in [0.1, 0.15) is 6.33 Å². The predicted molar refractivity (Wildman–Crippen MR) is 38.5 cm³/mol. The fraction of sp³-hybridized carbons (Fsp3) is 0.600. The zero-order valence-electron chi connectivity index (χ0n) is 5.91. The predicted octanol–water partition coefficient (Wildman–Crippen LogP) is -0.814. The van der Waals surface area contributed by atoms with E-state index in [1.807, 2.05) is 7.05 Å². The summed E-state index contributed by atoms with van der Waals surface area (Å²) in [6.45, 7) is 1.33. The first-order valence-electron chi connectivity index (χ1n) is 3.12. The minimum atomic E-state index is 0.604. The van der Waals surface area contributed by atoms with Gasteiger partial charge in [-0.1, -0.05) is 0 Å². The van der Waals surface area contributed by atoms with Gasteiger partial charge in [-0.15, -0.1) is 0 Å². The highest BCUT2D eigenvalue weighted by Gasteiger charge is 1.95. The summed E-state index contributed by atoms with van der Waals surface area (Å²) in [5, 5.41) is 6.88. The maximum atomic E-state index is 5.28. The molecule has 0 unspecified atom stereocenters. The molecule has 1 rings (SSSR count). The Kier molecular flexibility index (Phi) is 2.22. The highest BCUT2D eigenvalue weighted by molar-refractivity contribution is 5.21. The van der Waals surface area contributed by atoms with Gasteiger partial charge in [-0.2, -0.15) is 10.1 Å². The van der Waals surface area contributed by atoms with Crippen LogP contribution in [-0.2, 0) is 7.05 Å². The van der Waals surface area contributed by atoms with E-state index < -0.39 is 0 Å². The van der Waals surface area contributed by atoms with E-state index in [9.17, 15) is 0 Å². The third-order valence-corrected chi connectivity index (χ3v) is 1.14. The van der Waals surface area contributed by atoms with Crippen molar-refractivity contribution in [2.75, 3.05) is 18.4 Å². The van der Waals surface area contributed by atoms with Gasteiger partial charge >= 0.3 is 0 Å². The molecule has 5 heteroatoms. The molecule has 0 spiro atoms. The molecule has 0 aliphatic carbocycles. The molecule has 1 heterocycles. The lowest BCUT2D eigenvalue weighted by atomic mass is 10.6. The average Bonchev–Trinajstić information content (AvgIpc) is 2.31. The molecule has 0 saturated carbocycles. The van der Waals surface area contributed by atoms with E-state index in [1.165, 1.54) is 6.33 Å². The van der Waals surface area contributed by atoms with Crippen LogP contribution in [0.2, 0.25) is 0 Å². The lowest BCUT2D eigenvalue weighted by molar-refractivity contribution is 0.766. The molecule has 3 N–H and O–H groups in total. The van der Waals surface area contributed by atoms with Gasteiger partial charge in [0.15, 0.2) is 0 Å². The van der Waals surface area contributed by atoms with Gasteiger partial charge in [-0.25, -0.2) is 4.68 Å². The molecule has 10 heavy (non-hydrogen) atoms. The summed E-state index contributed by atoms with van der Waals surface area (Å²) >= 11 is 0. The van der Waals surface area contributed by atoms with Crippen molar-refractivity contribution in [3.8, 4) is 0 Å². The zero-order chi connectivity index (χ0) is 7.40. The Morgan fingerprint density at radius 2 is 2.60 bits per heavy atom. The third-order valence-electron chi connectivity index (χ3n) is 1.14. The van der Waals surface area contributed by atoms with Crippen LogP contribution in [0.5, 0.6) is 0 Å². The summed E-state index contributed by atoms with van der Waals surface area (Å²) in [5.74, 6) is 0.755. The van der Waals surface area contributed by atoms with E-state index in [-0.39, 0.29) is 0 Å². The monoisotopic (exact) mass is 141 g/mol. The molecule has 0 radical (unpaired) electrons. The topological polar surface area (TPSA) is 68.8 Å². The standard InChI is InChI=1S/C5H11N5/c1-10-5(7-3-2-6)8-4-9-10/h4H,2-3,6H2,1H3,(H,7,8,9). The average molecular weight is 141 g/mol. The number of aromatic nitrogens is 3. The molecule has 0 aliphatic rings. The molecule has 0 fully saturated rings. The van der Waals surface area contributed by atoms with E-state index in [0.717, 1.165) is 12.5 Å². The lowest BCUT2D eigenvalue weighted by Gasteiger charge is -2.00. The Hall–Kier alpha value is -1.10. The maximum absolute atomic E-state index is 5.28. The van der Waals surface area contributed by atoms with E-state index in [0.29, 0.717) is 6.54 Å². The largest absolute Gasteiger partial charge is 0.353 e. The van der Waals surface area contributed by atoms with Crippen LogP contribution in [0.15, 0.2) is 6.33 Å². The van der Waals surface area contributed by atoms with Crippen molar-refractivity contribution in [2.45, 2.75) is 0 Å². The van der Waals surface area contributed by atoms with Gasteiger partial charge in [-0.05, 0) is 0 Å². The van der Waals surface area contributed by atoms with Crippen LogP contribution < -0.4 is 11.1 Å². The number of nitrogens with one attached hydrogen (secondary N) is 1. The Morgan fingerprint density at radius 3 is 3.10 bits per heavy atom. The summed E-state index contributed by atoms with van der Waals surface area (Å²) in [6.07, 6.45) is 1.50. The van der Waals surface area contributed by atoms with Gasteiger partial charge in [0.2, 0.25) is 5.95 Å². The summed E-state index contributed by atoms with van der Waals surface area (Å²) in [4.78, 5) is 3.94. The molecular weight excluding hydrogens is 130 g/mol. The Labute approximate surface area is 59.2 Å². The van der Waals surface area contributed by atoms with Crippen LogP contribution >= 0.6 is 0 Å². The van der Waals surface area contributed by atoms with Crippen molar-refractivity contribution < 1.29 is 0 Å². The lowest BCUT2D eigenvalue weighted by Crippen LogP contribution is -2.15. The van der Waals surface area contributed by atoms with Crippen molar-refractivity contribution in [1.82, 2.24) is 14.8 Å². The van der Waals surface area contributed by atoms with Gasteiger partial charge in [0.25, 0.3) is 0 Å². The van der Waals surface area contributed by atoms with E-state index >= 15 is 0 Å². The summed E-state index contributed by atoms with van der Waals surface area (Å²) in [6, 6.07) is 0. The normalized spacial score (nSPS) is 9.80. The third kappa shape index (κ3) is 1.44. The molecule has 0 bridgehead atoms. The summed E-state index contributed by atoms with van der Waals surface area (Å²) in [7, 11) is 1.83. The SMILES string of the molecule is Cn1ncnc1NCCN. The molecule has 1 aromatic rings.